The van der Waals surface area contributed by atoms with Gasteiger partial charge < -0.3 is 5.32 Å². The number of aryl methyl sites for hydroxylation is 1. The quantitative estimate of drug-likeness (QED) is 0.808. The molecule has 3 rings (SSSR count). The molecule has 2 heterocycles. The molecule has 3 aromatic rings. The van der Waals surface area contributed by atoms with E-state index in [0.717, 1.165) is 6.42 Å². The summed E-state index contributed by atoms with van der Waals surface area (Å²) < 4.78 is 1.37. The molecule has 106 valence electrons. The van der Waals surface area contributed by atoms with Crippen molar-refractivity contribution in [3.8, 4) is 0 Å². The van der Waals surface area contributed by atoms with Crippen molar-refractivity contribution in [3.05, 3.63) is 63.5 Å². The Hall–Kier alpha value is -2.47. The van der Waals surface area contributed by atoms with Gasteiger partial charge in [-0.25, -0.2) is 4.98 Å². The van der Waals surface area contributed by atoms with Gasteiger partial charge in [0.1, 0.15) is 5.56 Å². The number of nitrogens with zero attached hydrogens (tertiary/aromatic N) is 2. The lowest BCUT2D eigenvalue weighted by Gasteiger charge is -2.05. The zero-order valence-electron chi connectivity index (χ0n) is 11.4. The standard InChI is InChI=1S/C15H13N3O2S/c1-2-10-3-5-11(6-4-10)17-13(19)12-9-16-15-18(14(12)20)7-8-21-15/h3-9H,2H2,1H3,(H,17,19). The van der Waals surface area contributed by atoms with Gasteiger partial charge in [0.25, 0.3) is 11.5 Å². The van der Waals surface area contributed by atoms with Crippen molar-refractivity contribution >= 4 is 27.9 Å². The second-order valence-corrected chi connectivity index (χ2v) is 5.41. The summed E-state index contributed by atoms with van der Waals surface area (Å²) in [5.41, 5.74) is 1.52. The summed E-state index contributed by atoms with van der Waals surface area (Å²) in [5.74, 6) is -0.447. The largest absolute Gasteiger partial charge is 0.322 e. The number of rotatable bonds is 3. The summed E-state index contributed by atoms with van der Waals surface area (Å²) >= 11 is 1.35. The number of amides is 1. The lowest BCUT2D eigenvalue weighted by atomic mass is 10.1. The van der Waals surface area contributed by atoms with Gasteiger partial charge in [0.05, 0.1) is 0 Å². The highest BCUT2D eigenvalue weighted by atomic mass is 32.1. The number of carbonyl (C=O) groups is 1. The van der Waals surface area contributed by atoms with E-state index in [1.165, 1.54) is 27.5 Å². The molecule has 0 unspecified atom stereocenters. The molecule has 0 atom stereocenters. The predicted octanol–water partition coefficient (Wildman–Crippen LogP) is 2.57. The van der Waals surface area contributed by atoms with Gasteiger partial charge >= 0.3 is 0 Å². The van der Waals surface area contributed by atoms with Gasteiger partial charge in [0.2, 0.25) is 0 Å². The molecular weight excluding hydrogens is 286 g/mol. The van der Waals surface area contributed by atoms with Crippen LogP contribution in [0.3, 0.4) is 0 Å². The number of carbonyl (C=O) groups excluding carboxylic acids is 1. The normalized spacial score (nSPS) is 10.7. The fraction of sp³-hybridized carbons (Fsp3) is 0.133. The van der Waals surface area contributed by atoms with Crippen LogP contribution < -0.4 is 10.9 Å². The van der Waals surface area contributed by atoms with E-state index >= 15 is 0 Å². The van der Waals surface area contributed by atoms with Gasteiger partial charge in [-0.3, -0.25) is 14.0 Å². The van der Waals surface area contributed by atoms with Crippen LogP contribution in [0.5, 0.6) is 0 Å². The molecule has 0 saturated carbocycles. The third kappa shape index (κ3) is 2.57. The molecule has 0 spiro atoms. The molecule has 0 aliphatic rings. The van der Waals surface area contributed by atoms with Gasteiger partial charge in [0.15, 0.2) is 4.96 Å². The maximum atomic E-state index is 12.2. The van der Waals surface area contributed by atoms with Gasteiger partial charge in [-0.2, -0.15) is 0 Å². The maximum Gasteiger partial charge on any atom is 0.271 e. The molecule has 1 aromatic carbocycles. The Labute approximate surface area is 124 Å². The molecule has 2 aromatic heterocycles. The van der Waals surface area contributed by atoms with E-state index < -0.39 is 5.91 Å². The maximum absolute atomic E-state index is 12.2. The molecule has 5 nitrogen and oxygen atoms in total. The van der Waals surface area contributed by atoms with Gasteiger partial charge in [-0.15, -0.1) is 11.3 Å². The number of hydrogen-bond donors (Lipinski definition) is 1. The minimum absolute atomic E-state index is 0.0328. The number of aromatic nitrogens is 2. The smallest absolute Gasteiger partial charge is 0.271 e. The van der Waals surface area contributed by atoms with E-state index in [0.29, 0.717) is 10.6 Å². The third-order valence-corrected chi connectivity index (χ3v) is 3.98. The second-order valence-electron chi connectivity index (χ2n) is 4.54. The Kier molecular flexibility index (Phi) is 3.53. The molecule has 6 heteroatoms. The topological polar surface area (TPSA) is 63.5 Å². The van der Waals surface area contributed by atoms with E-state index in [1.54, 1.807) is 11.6 Å². The molecule has 0 aliphatic heterocycles. The van der Waals surface area contributed by atoms with E-state index in [-0.39, 0.29) is 11.1 Å². The number of benzene rings is 1. The van der Waals surface area contributed by atoms with Crippen LogP contribution in [-0.4, -0.2) is 15.3 Å². The van der Waals surface area contributed by atoms with E-state index in [9.17, 15) is 9.59 Å². The summed E-state index contributed by atoms with van der Waals surface area (Å²) in [6.07, 6.45) is 3.88. The number of anilines is 1. The van der Waals surface area contributed by atoms with Gasteiger partial charge in [-0.05, 0) is 24.1 Å². The fourth-order valence-corrected chi connectivity index (χ4v) is 2.68. The van der Waals surface area contributed by atoms with Crippen LogP contribution in [0.4, 0.5) is 5.69 Å². The number of nitrogens with one attached hydrogen (secondary N) is 1. The van der Waals surface area contributed by atoms with Crippen LogP contribution in [0.15, 0.2) is 46.8 Å². The van der Waals surface area contributed by atoms with Crippen molar-refractivity contribution in [3.63, 3.8) is 0 Å². The molecule has 0 aliphatic carbocycles. The van der Waals surface area contributed by atoms with Gasteiger partial charge in [-0.1, -0.05) is 19.1 Å². The SMILES string of the molecule is CCc1ccc(NC(=O)c2cnc3sccn3c2=O)cc1. The van der Waals surface area contributed by atoms with Crippen LogP contribution in [0.2, 0.25) is 0 Å². The van der Waals surface area contributed by atoms with E-state index in [2.05, 4.69) is 17.2 Å². The van der Waals surface area contributed by atoms with Crippen LogP contribution in [0.25, 0.3) is 4.96 Å². The molecule has 0 fully saturated rings. The van der Waals surface area contributed by atoms with Crippen LogP contribution in [0, 0.1) is 0 Å². The average molecular weight is 299 g/mol. The minimum Gasteiger partial charge on any atom is -0.322 e. The first-order valence-electron chi connectivity index (χ1n) is 6.54. The first-order chi connectivity index (χ1) is 10.2. The summed E-state index contributed by atoms with van der Waals surface area (Å²) in [6.45, 7) is 2.07. The highest BCUT2D eigenvalue weighted by molar-refractivity contribution is 7.15. The number of hydrogen-bond acceptors (Lipinski definition) is 4. The monoisotopic (exact) mass is 299 g/mol. The Morgan fingerprint density at radius 1 is 1.33 bits per heavy atom. The summed E-state index contributed by atoms with van der Waals surface area (Å²) in [6, 6.07) is 7.54. The van der Waals surface area contributed by atoms with E-state index in [1.807, 2.05) is 24.3 Å². The Morgan fingerprint density at radius 2 is 2.10 bits per heavy atom. The Morgan fingerprint density at radius 3 is 2.81 bits per heavy atom. The molecule has 1 amide bonds. The molecule has 0 saturated heterocycles. The summed E-state index contributed by atoms with van der Waals surface area (Å²) in [4.78, 5) is 29.1. The van der Waals surface area contributed by atoms with Gasteiger partial charge in [0, 0.05) is 23.5 Å². The molecule has 21 heavy (non-hydrogen) atoms. The second kappa shape index (κ2) is 5.49. The first-order valence-corrected chi connectivity index (χ1v) is 7.42. The van der Waals surface area contributed by atoms with Crippen LogP contribution in [0.1, 0.15) is 22.8 Å². The Bertz CT molecular complexity index is 849. The fourth-order valence-electron chi connectivity index (χ4n) is 2.00. The zero-order chi connectivity index (χ0) is 14.8. The van der Waals surface area contributed by atoms with Crippen LogP contribution in [-0.2, 0) is 6.42 Å². The lowest BCUT2D eigenvalue weighted by molar-refractivity contribution is 0.102. The minimum atomic E-state index is -0.447. The Balaban J connectivity index is 1.89. The van der Waals surface area contributed by atoms with Crippen LogP contribution >= 0.6 is 11.3 Å². The molecule has 0 radical (unpaired) electrons. The number of thiazole rings is 1. The third-order valence-electron chi connectivity index (χ3n) is 3.21. The molecule has 1 N–H and O–H groups in total. The van der Waals surface area contributed by atoms with Crippen molar-refractivity contribution < 1.29 is 4.79 Å². The van der Waals surface area contributed by atoms with E-state index in [4.69, 9.17) is 0 Å². The highest BCUT2D eigenvalue weighted by Crippen LogP contribution is 2.11. The van der Waals surface area contributed by atoms with Crippen molar-refractivity contribution in [1.29, 1.82) is 0 Å². The summed E-state index contributed by atoms with van der Waals surface area (Å²) in [7, 11) is 0. The van der Waals surface area contributed by atoms with Crippen molar-refractivity contribution in [2.24, 2.45) is 0 Å². The first kappa shape index (κ1) is 13.5. The van der Waals surface area contributed by atoms with Crippen molar-refractivity contribution in [2.75, 3.05) is 5.32 Å². The summed E-state index contributed by atoms with van der Waals surface area (Å²) in [5, 5.41) is 4.48. The zero-order valence-corrected chi connectivity index (χ0v) is 12.2. The highest BCUT2D eigenvalue weighted by Gasteiger charge is 2.13. The average Bonchev–Trinajstić information content (AvgIpc) is 2.98. The van der Waals surface area contributed by atoms with Crippen molar-refractivity contribution in [2.45, 2.75) is 13.3 Å². The predicted molar refractivity (Wildman–Crippen MR) is 83.1 cm³/mol. The van der Waals surface area contributed by atoms with Crippen molar-refractivity contribution in [1.82, 2.24) is 9.38 Å². The molecular formula is C15H13N3O2S. The number of fused-ring (bicyclic) bond motifs is 1. The molecule has 0 bridgehead atoms. The lowest BCUT2D eigenvalue weighted by Crippen LogP contribution is -2.25.